The Hall–Kier alpha value is -3.57. The van der Waals surface area contributed by atoms with E-state index >= 15 is 0 Å². The van der Waals surface area contributed by atoms with Crippen LogP contribution in [0.1, 0.15) is 50.0 Å². The van der Waals surface area contributed by atoms with Gasteiger partial charge in [0.05, 0.1) is 18.1 Å². The second-order valence-corrected chi connectivity index (χ2v) is 9.34. The monoisotopic (exact) mass is 450 g/mol. The molecule has 1 N–H and O–H groups in total. The fraction of sp³-hybridized carbons (Fsp3) is 0.400. The third-order valence-corrected chi connectivity index (χ3v) is 5.44. The van der Waals surface area contributed by atoms with Crippen LogP contribution in [-0.2, 0) is 14.3 Å². The van der Waals surface area contributed by atoms with E-state index < -0.39 is 30.5 Å². The maximum absolute atomic E-state index is 13.6. The van der Waals surface area contributed by atoms with Crippen LogP contribution in [0.25, 0.3) is 0 Å². The maximum Gasteiger partial charge on any atom is 0.306 e. The first-order valence-electron chi connectivity index (χ1n) is 10.8. The van der Waals surface area contributed by atoms with Crippen molar-refractivity contribution in [3.8, 4) is 17.6 Å². The minimum atomic E-state index is -1.21. The Balaban J connectivity index is 1.94. The molecule has 0 aliphatic carbocycles. The molecule has 2 aliphatic heterocycles. The number of carboxylic acids is 1. The molecule has 8 nitrogen and oxygen atoms in total. The number of nitriles is 1. The molecule has 2 aromatic carbocycles. The summed E-state index contributed by atoms with van der Waals surface area (Å²) < 4.78 is 17.8. The van der Waals surface area contributed by atoms with Gasteiger partial charge in [-0.3, -0.25) is 9.59 Å². The first kappa shape index (κ1) is 22.6. The first-order valence-corrected chi connectivity index (χ1v) is 10.8. The van der Waals surface area contributed by atoms with Crippen LogP contribution in [0.15, 0.2) is 36.4 Å². The van der Waals surface area contributed by atoms with Crippen molar-refractivity contribution in [3.05, 3.63) is 53.1 Å². The highest BCUT2D eigenvalue weighted by atomic mass is 16.6. The quantitative estimate of drug-likeness (QED) is 0.757. The van der Waals surface area contributed by atoms with Crippen LogP contribution in [-0.4, -0.2) is 42.8 Å². The molecule has 0 spiro atoms. The summed E-state index contributed by atoms with van der Waals surface area (Å²) in [5, 5.41) is 19.0. The van der Waals surface area contributed by atoms with E-state index in [4.69, 9.17) is 14.2 Å². The Morgan fingerprint density at radius 3 is 2.64 bits per heavy atom. The van der Waals surface area contributed by atoms with E-state index in [0.717, 1.165) is 0 Å². The summed E-state index contributed by atoms with van der Waals surface area (Å²) >= 11 is 0. The molecule has 33 heavy (non-hydrogen) atoms. The zero-order valence-corrected chi connectivity index (χ0v) is 18.8. The molecule has 0 radical (unpaired) electrons. The highest BCUT2D eigenvalue weighted by Crippen LogP contribution is 2.46. The predicted molar refractivity (Wildman–Crippen MR) is 119 cm³/mol. The number of aliphatic carboxylic acids is 1. The van der Waals surface area contributed by atoms with Crippen molar-refractivity contribution in [1.82, 2.24) is 0 Å². The van der Waals surface area contributed by atoms with E-state index in [2.05, 4.69) is 6.07 Å². The maximum atomic E-state index is 13.6. The molecule has 0 bridgehead atoms. The number of carbonyl (C=O) groups is 2. The average molecular weight is 450 g/mol. The Labute approximate surface area is 192 Å². The average Bonchev–Trinajstić information content (AvgIpc) is 2.87. The first-order chi connectivity index (χ1) is 15.7. The molecule has 2 aliphatic rings. The fourth-order valence-electron chi connectivity index (χ4n) is 4.14. The van der Waals surface area contributed by atoms with Gasteiger partial charge in [-0.15, -0.1) is 0 Å². The number of anilines is 1. The van der Waals surface area contributed by atoms with Gasteiger partial charge in [0.2, 0.25) is 0 Å². The molecule has 4 rings (SSSR count). The molecule has 172 valence electrons. The van der Waals surface area contributed by atoms with Crippen LogP contribution in [0.4, 0.5) is 5.69 Å². The number of carboxylic acid groups (broad SMARTS) is 1. The molecule has 2 atom stereocenters. The van der Waals surface area contributed by atoms with E-state index in [1.807, 2.05) is 26.8 Å². The number of rotatable bonds is 4. The molecule has 0 saturated heterocycles. The molecule has 2 heterocycles. The van der Waals surface area contributed by atoms with Crippen molar-refractivity contribution >= 4 is 17.6 Å². The van der Waals surface area contributed by atoms with E-state index in [9.17, 15) is 20.0 Å². The molecule has 0 aromatic heterocycles. The lowest BCUT2D eigenvalue weighted by molar-refractivity contribution is -0.147. The van der Waals surface area contributed by atoms with Crippen molar-refractivity contribution in [2.45, 2.75) is 39.4 Å². The number of amides is 1. The summed E-state index contributed by atoms with van der Waals surface area (Å²) in [5.41, 5.74) is 1.94. The Bertz CT molecular complexity index is 1130. The van der Waals surface area contributed by atoms with E-state index in [0.29, 0.717) is 53.6 Å². The van der Waals surface area contributed by atoms with Crippen LogP contribution >= 0.6 is 0 Å². The number of hydrogen-bond donors (Lipinski definition) is 1. The number of para-hydroxylation sites is 1. The zero-order chi connectivity index (χ0) is 23.8. The lowest BCUT2D eigenvalue weighted by atomic mass is 9.93. The predicted octanol–water partition coefficient (Wildman–Crippen LogP) is 3.67. The summed E-state index contributed by atoms with van der Waals surface area (Å²) in [4.78, 5) is 26.8. The summed E-state index contributed by atoms with van der Waals surface area (Å²) in [7, 11) is 0. The van der Waals surface area contributed by atoms with Crippen LogP contribution in [0.2, 0.25) is 0 Å². The number of ether oxygens (including phenoxy) is 3. The SMILES string of the molecule is CC(C)(C)CN1C(=O)[C@@H](CC(=O)O)O[C@H](c2cccc3c2OCCO3)c2cc(C#N)ccc21. The number of fused-ring (bicyclic) bond motifs is 2. The molecule has 2 aromatic rings. The van der Waals surface area contributed by atoms with Gasteiger partial charge in [-0.25, -0.2) is 0 Å². The normalized spacial score (nSPS) is 19.9. The molecular formula is C25H26N2O6. The molecule has 1 amide bonds. The molecule has 0 saturated carbocycles. The van der Waals surface area contributed by atoms with Crippen LogP contribution in [0, 0.1) is 16.7 Å². The second-order valence-electron chi connectivity index (χ2n) is 9.34. The Kier molecular flexibility index (Phi) is 6.00. The molecular weight excluding hydrogens is 424 g/mol. The molecule has 0 unspecified atom stereocenters. The van der Waals surface area contributed by atoms with Gasteiger partial charge in [0.25, 0.3) is 5.91 Å². The topological polar surface area (TPSA) is 109 Å². The van der Waals surface area contributed by atoms with E-state index in [-0.39, 0.29) is 5.41 Å². The van der Waals surface area contributed by atoms with Crippen LogP contribution < -0.4 is 14.4 Å². The van der Waals surface area contributed by atoms with Crippen molar-refractivity contribution < 1.29 is 28.9 Å². The highest BCUT2D eigenvalue weighted by molar-refractivity contribution is 6.00. The molecule has 8 heteroatoms. The van der Waals surface area contributed by atoms with E-state index in [1.54, 1.807) is 35.2 Å². The third kappa shape index (κ3) is 4.64. The van der Waals surface area contributed by atoms with Gasteiger partial charge >= 0.3 is 5.97 Å². The van der Waals surface area contributed by atoms with Crippen molar-refractivity contribution in [2.24, 2.45) is 5.41 Å². The van der Waals surface area contributed by atoms with E-state index in [1.165, 1.54) is 0 Å². The number of hydrogen-bond acceptors (Lipinski definition) is 6. The van der Waals surface area contributed by atoms with Gasteiger partial charge in [-0.2, -0.15) is 5.26 Å². The van der Waals surface area contributed by atoms with Crippen LogP contribution in [0.5, 0.6) is 11.5 Å². The fourth-order valence-corrected chi connectivity index (χ4v) is 4.14. The minimum absolute atomic E-state index is 0.267. The summed E-state index contributed by atoms with van der Waals surface area (Å²) in [6.07, 6.45) is -2.53. The highest BCUT2D eigenvalue weighted by Gasteiger charge is 2.40. The lowest BCUT2D eigenvalue weighted by Gasteiger charge is -2.31. The standard InChI is InChI=1S/C25H26N2O6/c1-25(2,3)14-27-18-8-7-15(13-26)11-17(18)22(33-20(24(27)30)12-21(28)29)16-5-4-6-19-23(16)32-10-9-31-19/h4-8,11,20,22H,9-10,12,14H2,1-3H3,(H,28,29)/t20-,22-/m1/s1. The summed E-state index contributed by atoms with van der Waals surface area (Å²) in [5.74, 6) is -0.519. The van der Waals surface area contributed by atoms with Crippen molar-refractivity contribution in [3.63, 3.8) is 0 Å². The van der Waals surface area contributed by atoms with Gasteiger partial charge in [0.1, 0.15) is 25.4 Å². The summed E-state index contributed by atoms with van der Waals surface area (Å²) in [6.45, 7) is 7.11. The Morgan fingerprint density at radius 2 is 1.94 bits per heavy atom. The van der Waals surface area contributed by atoms with Gasteiger partial charge < -0.3 is 24.2 Å². The number of carbonyl (C=O) groups excluding carboxylic acids is 1. The number of benzene rings is 2. The van der Waals surface area contributed by atoms with Gasteiger partial charge in [-0.05, 0) is 29.7 Å². The van der Waals surface area contributed by atoms with Crippen molar-refractivity contribution in [2.75, 3.05) is 24.7 Å². The van der Waals surface area contributed by atoms with Crippen LogP contribution in [0.3, 0.4) is 0 Å². The minimum Gasteiger partial charge on any atom is -0.486 e. The zero-order valence-electron chi connectivity index (χ0n) is 18.8. The second kappa shape index (κ2) is 8.75. The largest absolute Gasteiger partial charge is 0.486 e. The third-order valence-electron chi connectivity index (χ3n) is 5.44. The lowest BCUT2D eigenvalue weighted by Crippen LogP contribution is -2.44. The molecule has 0 fully saturated rings. The smallest absolute Gasteiger partial charge is 0.306 e. The van der Waals surface area contributed by atoms with Gasteiger partial charge in [0.15, 0.2) is 11.5 Å². The van der Waals surface area contributed by atoms with Gasteiger partial charge in [-0.1, -0.05) is 32.9 Å². The van der Waals surface area contributed by atoms with Crippen molar-refractivity contribution in [1.29, 1.82) is 5.26 Å². The Morgan fingerprint density at radius 1 is 1.18 bits per heavy atom. The number of nitrogens with zero attached hydrogens (tertiary/aromatic N) is 2. The summed E-state index contributed by atoms with van der Waals surface area (Å²) in [6, 6.07) is 12.6. The van der Waals surface area contributed by atoms with Gasteiger partial charge in [0, 0.05) is 23.4 Å².